The van der Waals surface area contributed by atoms with Crippen LogP contribution in [-0.4, -0.2) is 48.6 Å². The van der Waals surface area contributed by atoms with Crippen molar-refractivity contribution in [3.8, 4) is 34.5 Å². The average Bonchev–Trinajstić information content (AvgIpc) is 2.95. The van der Waals surface area contributed by atoms with Gasteiger partial charge in [-0.3, -0.25) is 0 Å². The molecule has 11 heteroatoms. The van der Waals surface area contributed by atoms with Gasteiger partial charge < -0.3 is 39.4 Å². The van der Waals surface area contributed by atoms with Gasteiger partial charge in [-0.05, 0) is 60.7 Å². The zero-order chi connectivity index (χ0) is 28.7. The first kappa shape index (κ1) is 32.5. The van der Waals surface area contributed by atoms with Gasteiger partial charge in [-0.15, -0.1) is 0 Å². The van der Waals surface area contributed by atoms with Crippen molar-refractivity contribution in [2.45, 2.75) is 0 Å². The van der Waals surface area contributed by atoms with Crippen LogP contribution in [0.5, 0.6) is 34.5 Å². The zero-order valence-electron chi connectivity index (χ0n) is 21.9. The molecule has 0 spiro atoms. The molecule has 208 valence electrons. The van der Waals surface area contributed by atoms with E-state index in [1.165, 1.54) is 24.3 Å². The fourth-order valence-electron chi connectivity index (χ4n) is 3.21. The van der Waals surface area contributed by atoms with Gasteiger partial charge in [-0.25, -0.2) is 9.59 Å². The van der Waals surface area contributed by atoms with Gasteiger partial charge in [0.1, 0.15) is 49.4 Å². The first-order valence-corrected chi connectivity index (χ1v) is 12.0. The van der Waals surface area contributed by atoms with Gasteiger partial charge in [0.2, 0.25) is 0 Å². The monoisotopic (exact) mass is 610 g/mol. The van der Waals surface area contributed by atoms with Crippen molar-refractivity contribution in [3.63, 3.8) is 0 Å². The maximum atomic E-state index is 11.4. The second kappa shape index (κ2) is 17.0. The van der Waals surface area contributed by atoms with Crippen LogP contribution >= 0.6 is 0 Å². The topological polar surface area (TPSA) is 158 Å². The molecule has 0 fully saturated rings. The van der Waals surface area contributed by atoms with Gasteiger partial charge in [0, 0.05) is 0 Å². The van der Waals surface area contributed by atoms with E-state index >= 15 is 0 Å². The Kier molecular flexibility index (Phi) is 13.5. The standard InChI is InChI=1S/2C15H14O5.Zn/c2*16-14-10-12(6-7-13(14)15(17)18)20-9-8-19-11-4-2-1-3-5-11;/h2*1-7,10,16H,8-9H2,(H,17,18);/q;;+2/p-2. The van der Waals surface area contributed by atoms with E-state index in [-0.39, 0.29) is 43.8 Å². The summed E-state index contributed by atoms with van der Waals surface area (Å²) in [7, 11) is 0. The number of para-hydroxylation sites is 2. The molecule has 4 aromatic rings. The molecule has 0 saturated heterocycles. The number of benzene rings is 4. The number of carbonyl (C=O) groups is 2. The first-order valence-electron chi connectivity index (χ1n) is 12.0. The number of carboxylic acid groups (broad SMARTS) is 2. The molecule has 4 aromatic carbocycles. The molecule has 0 unspecified atom stereocenters. The number of aromatic carboxylic acids is 2. The van der Waals surface area contributed by atoms with Crippen molar-refractivity contribution >= 4 is 11.9 Å². The first-order chi connectivity index (χ1) is 19.3. The molecule has 41 heavy (non-hydrogen) atoms. The van der Waals surface area contributed by atoms with Crippen molar-refractivity contribution < 1.29 is 68.4 Å². The minimum absolute atomic E-state index is 0. The summed E-state index contributed by atoms with van der Waals surface area (Å²) >= 11 is 0. The van der Waals surface area contributed by atoms with Gasteiger partial charge >= 0.3 is 31.4 Å². The Morgan fingerprint density at radius 1 is 0.512 bits per heavy atom. The van der Waals surface area contributed by atoms with Crippen LogP contribution in [0.4, 0.5) is 0 Å². The Balaban J connectivity index is 0.000000280. The summed E-state index contributed by atoms with van der Waals surface area (Å²) in [5.74, 6) is -1.49. The van der Waals surface area contributed by atoms with E-state index in [1.807, 2.05) is 60.7 Å². The van der Waals surface area contributed by atoms with Gasteiger partial charge in [-0.2, -0.15) is 0 Å². The summed E-state index contributed by atoms with van der Waals surface area (Å²) in [4.78, 5) is 21.4. The molecule has 0 saturated carbocycles. The van der Waals surface area contributed by atoms with Crippen molar-refractivity contribution in [2.24, 2.45) is 0 Å². The molecule has 0 atom stereocenters. The minimum atomic E-state index is -1.24. The van der Waals surface area contributed by atoms with E-state index < -0.39 is 23.4 Å². The smallest absolute Gasteiger partial charge is 0.872 e. The molecule has 4 rings (SSSR count). The van der Waals surface area contributed by atoms with Crippen LogP contribution in [0.2, 0.25) is 0 Å². The van der Waals surface area contributed by atoms with Crippen LogP contribution < -0.4 is 29.2 Å². The van der Waals surface area contributed by atoms with E-state index in [0.717, 1.165) is 23.6 Å². The van der Waals surface area contributed by atoms with Gasteiger partial charge in [-0.1, -0.05) is 47.9 Å². The van der Waals surface area contributed by atoms with Crippen LogP contribution in [0.25, 0.3) is 0 Å². The van der Waals surface area contributed by atoms with Gasteiger partial charge in [0.15, 0.2) is 0 Å². The average molecular weight is 612 g/mol. The molecule has 0 heterocycles. The van der Waals surface area contributed by atoms with Crippen molar-refractivity contribution in [3.05, 3.63) is 108 Å². The molecule has 0 aliphatic rings. The van der Waals surface area contributed by atoms with E-state index in [2.05, 4.69) is 0 Å². The summed E-state index contributed by atoms with van der Waals surface area (Å²) in [6, 6.07) is 26.3. The van der Waals surface area contributed by atoms with Gasteiger partial charge in [0.05, 0.1) is 11.1 Å². The maximum absolute atomic E-state index is 11.4. The fourth-order valence-corrected chi connectivity index (χ4v) is 3.21. The van der Waals surface area contributed by atoms with E-state index in [9.17, 15) is 19.8 Å². The summed E-state index contributed by atoms with van der Waals surface area (Å²) in [5.41, 5.74) is -0.532. The predicted octanol–water partition coefficient (Wildman–Crippen LogP) is 3.83. The maximum Gasteiger partial charge on any atom is 2.00 e. The van der Waals surface area contributed by atoms with Crippen molar-refractivity contribution in [2.75, 3.05) is 26.4 Å². The third-order valence-electron chi connectivity index (χ3n) is 5.09. The summed E-state index contributed by atoms with van der Waals surface area (Å²) < 4.78 is 21.5. The molecule has 0 aliphatic carbocycles. The Bertz CT molecular complexity index is 1270. The molecular weight excluding hydrogens is 586 g/mol. The molecule has 0 radical (unpaired) electrons. The summed E-state index contributed by atoms with van der Waals surface area (Å²) in [6.45, 7) is 1.19. The normalized spacial score (nSPS) is 9.76. The Labute approximate surface area is 249 Å². The molecule has 0 aromatic heterocycles. The molecule has 0 bridgehead atoms. The molecule has 0 aliphatic heterocycles. The number of hydrogen-bond acceptors (Lipinski definition) is 8. The number of ether oxygens (including phenoxy) is 4. The third-order valence-corrected chi connectivity index (χ3v) is 5.09. The van der Waals surface area contributed by atoms with E-state index in [0.29, 0.717) is 24.7 Å². The SMILES string of the molecule is O=C(O)c1ccc(OCCOc2ccccc2)cc1[O-].O=C(O)c1ccc(OCCOc2ccccc2)cc1[O-].[Zn+2]. The fraction of sp³-hybridized carbons (Fsp3) is 0.133. The predicted molar refractivity (Wildman–Crippen MR) is 141 cm³/mol. The Morgan fingerprint density at radius 2 is 0.829 bits per heavy atom. The van der Waals surface area contributed by atoms with Crippen LogP contribution in [0, 0.1) is 0 Å². The second-order valence-electron chi connectivity index (χ2n) is 7.95. The second-order valence-corrected chi connectivity index (χ2v) is 7.95. The molecule has 10 nitrogen and oxygen atoms in total. The van der Waals surface area contributed by atoms with Crippen LogP contribution in [0.3, 0.4) is 0 Å². The Morgan fingerprint density at radius 3 is 1.12 bits per heavy atom. The van der Waals surface area contributed by atoms with Crippen LogP contribution in [-0.2, 0) is 19.5 Å². The number of rotatable bonds is 12. The largest absolute Gasteiger partial charge is 2.00 e. The van der Waals surface area contributed by atoms with Crippen LogP contribution in [0.1, 0.15) is 20.7 Å². The molecule has 2 N–H and O–H groups in total. The van der Waals surface area contributed by atoms with Crippen molar-refractivity contribution in [1.82, 2.24) is 0 Å². The minimum Gasteiger partial charge on any atom is -0.872 e. The number of hydrogen-bond donors (Lipinski definition) is 2. The van der Waals surface area contributed by atoms with E-state index in [1.54, 1.807) is 0 Å². The Hall–Kier alpha value is -4.76. The third kappa shape index (κ3) is 11.1. The summed E-state index contributed by atoms with van der Waals surface area (Å²) in [6.07, 6.45) is 0. The summed E-state index contributed by atoms with van der Waals surface area (Å²) in [5, 5.41) is 40.4. The van der Waals surface area contributed by atoms with Crippen LogP contribution in [0.15, 0.2) is 97.1 Å². The van der Waals surface area contributed by atoms with Gasteiger partial charge in [0.25, 0.3) is 0 Å². The molecular formula is C30H26O10Zn. The quantitative estimate of drug-likeness (QED) is 0.178. The zero-order valence-corrected chi connectivity index (χ0v) is 24.9. The van der Waals surface area contributed by atoms with Crippen molar-refractivity contribution in [1.29, 1.82) is 0 Å². The van der Waals surface area contributed by atoms with E-state index in [4.69, 9.17) is 29.2 Å². The number of carboxylic acids is 2. The molecule has 0 amide bonds.